The minimum absolute atomic E-state index is 0.659. The van der Waals surface area contributed by atoms with Gasteiger partial charge in [0, 0.05) is 16.0 Å². The molecule has 0 aliphatic heterocycles. The minimum atomic E-state index is 0.659. The van der Waals surface area contributed by atoms with Crippen molar-refractivity contribution in [2.45, 2.75) is 33.1 Å². The average Bonchev–Trinajstić information content (AvgIpc) is 3.09. The van der Waals surface area contributed by atoms with Crippen LogP contribution in [0, 0.1) is 6.92 Å². The van der Waals surface area contributed by atoms with Gasteiger partial charge < -0.3 is 10.1 Å². The van der Waals surface area contributed by atoms with Crippen LogP contribution in [0.25, 0.3) is 10.9 Å². The summed E-state index contributed by atoms with van der Waals surface area (Å²) in [6.07, 6.45) is 3.51. The summed E-state index contributed by atoms with van der Waals surface area (Å²) in [6.45, 7) is 4.67. The van der Waals surface area contributed by atoms with Crippen LogP contribution in [0.1, 0.15) is 29.6 Å². The molecule has 23 heavy (non-hydrogen) atoms. The fourth-order valence-corrected chi connectivity index (χ4v) is 4.12. The number of ether oxygens (including phenoxy) is 1. The molecule has 1 aromatic carbocycles. The largest absolute Gasteiger partial charge is 0.494 e. The van der Waals surface area contributed by atoms with Gasteiger partial charge in [-0.2, -0.15) is 0 Å². The summed E-state index contributed by atoms with van der Waals surface area (Å²) < 4.78 is 5.63. The Morgan fingerprint density at radius 2 is 2.13 bits per heavy atom. The number of rotatable bonds is 4. The molecule has 0 unspecified atom stereocenters. The van der Waals surface area contributed by atoms with Crippen molar-refractivity contribution in [1.82, 2.24) is 9.97 Å². The lowest BCUT2D eigenvalue weighted by Crippen LogP contribution is -1.96. The van der Waals surface area contributed by atoms with Crippen molar-refractivity contribution < 1.29 is 4.74 Å². The zero-order valence-corrected chi connectivity index (χ0v) is 14.2. The monoisotopic (exact) mass is 325 g/mol. The number of nitrogens with one attached hydrogen (secondary N) is 1. The highest BCUT2D eigenvalue weighted by molar-refractivity contribution is 7.15. The lowest BCUT2D eigenvalue weighted by molar-refractivity contribution is 0.340. The third-order valence-corrected chi connectivity index (χ3v) is 5.13. The first kappa shape index (κ1) is 14.5. The van der Waals surface area contributed by atoms with Gasteiger partial charge in [-0.1, -0.05) is 0 Å². The van der Waals surface area contributed by atoms with Crippen molar-refractivity contribution in [3.05, 3.63) is 40.5 Å². The molecule has 2 heterocycles. The molecule has 0 radical (unpaired) electrons. The summed E-state index contributed by atoms with van der Waals surface area (Å²) in [7, 11) is 0. The molecule has 2 aromatic heterocycles. The molecule has 0 saturated heterocycles. The van der Waals surface area contributed by atoms with E-state index in [0.29, 0.717) is 6.61 Å². The molecule has 118 valence electrons. The molecule has 1 N–H and O–H groups in total. The average molecular weight is 325 g/mol. The fourth-order valence-electron chi connectivity index (χ4n) is 3.06. The quantitative estimate of drug-likeness (QED) is 0.759. The Morgan fingerprint density at radius 1 is 1.22 bits per heavy atom. The molecule has 3 aromatic rings. The van der Waals surface area contributed by atoms with Crippen LogP contribution in [0.2, 0.25) is 0 Å². The molecule has 5 heteroatoms. The van der Waals surface area contributed by atoms with Gasteiger partial charge >= 0.3 is 0 Å². The maximum atomic E-state index is 5.63. The number of anilines is 2. The van der Waals surface area contributed by atoms with E-state index in [1.165, 1.54) is 23.4 Å². The van der Waals surface area contributed by atoms with Crippen molar-refractivity contribution in [2.24, 2.45) is 0 Å². The summed E-state index contributed by atoms with van der Waals surface area (Å²) in [5.41, 5.74) is 4.28. The third-order valence-electron chi connectivity index (χ3n) is 4.06. The lowest BCUT2D eigenvalue weighted by atomic mass is 10.1. The normalized spacial score (nSPS) is 13.3. The second-order valence-corrected chi connectivity index (χ2v) is 6.87. The van der Waals surface area contributed by atoms with Gasteiger partial charge in [-0.25, -0.2) is 4.98 Å². The Morgan fingerprint density at radius 3 is 2.96 bits per heavy atom. The summed E-state index contributed by atoms with van der Waals surface area (Å²) in [6, 6.07) is 8.11. The highest BCUT2D eigenvalue weighted by Crippen LogP contribution is 2.34. The van der Waals surface area contributed by atoms with Gasteiger partial charge in [-0.15, -0.1) is 11.3 Å². The topological polar surface area (TPSA) is 47.0 Å². The second kappa shape index (κ2) is 5.81. The predicted molar refractivity (Wildman–Crippen MR) is 95.1 cm³/mol. The van der Waals surface area contributed by atoms with Gasteiger partial charge in [0.2, 0.25) is 0 Å². The first-order valence-corrected chi connectivity index (χ1v) is 8.84. The minimum Gasteiger partial charge on any atom is -0.494 e. The van der Waals surface area contributed by atoms with Crippen molar-refractivity contribution in [1.29, 1.82) is 0 Å². The van der Waals surface area contributed by atoms with Crippen LogP contribution in [-0.4, -0.2) is 16.6 Å². The van der Waals surface area contributed by atoms with Crippen molar-refractivity contribution >= 4 is 33.1 Å². The van der Waals surface area contributed by atoms with Gasteiger partial charge in [0.15, 0.2) is 5.13 Å². The van der Waals surface area contributed by atoms with Crippen LogP contribution in [0.4, 0.5) is 10.8 Å². The van der Waals surface area contributed by atoms with Crippen LogP contribution < -0.4 is 10.1 Å². The molecular weight excluding hydrogens is 306 g/mol. The number of thiazole rings is 1. The van der Waals surface area contributed by atoms with Crippen molar-refractivity contribution in [3.63, 3.8) is 0 Å². The molecule has 0 spiro atoms. The Labute approximate surface area is 139 Å². The summed E-state index contributed by atoms with van der Waals surface area (Å²) in [4.78, 5) is 10.8. The van der Waals surface area contributed by atoms with Crippen LogP contribution in [0.15, 0.2) is 24.3 Å². The predicted octanol–water partition coefficient (Wildman–Crippen LogP) is 4.63. The maximum Gasteiger partial charge on any atom is 0.187 e. The van der Waals surface area contributed by atoms with E-state index in [0.717, 1.165) is 39.6 Å². The molecule has 0 atom stereocenters. The van der Waals surface area contributed by atoms with E-state index in [4.69, 9.17) is 9.72 Å². The van der Waals surface area contributed by atoms with E-state index >= 15 is 0 Å². The summed E-state index contributed by atoms with van der Waals surface area (Å²) >= 11 is 1.77. The number of pyridine rings is 1. The number of hydrogen-bond donors (Lipinski definition) is 1. The molecular formula is C18H19N3OS. The molecule has 4 rings (SSSR count). The first-order chi connectivity index (χ1) is 11.2. The van der Waals surface area contributed by atoms with E-state index in [1.54, 1.807) is 11.3 Å². The summed E-state index contributed by atoms with van der Waals surface area (Å²) in [5.74, 6) is 0.871. The van der Waals surface area contributed by atoms with Gasteiger partial charge in [0.1, 0.15) is 5.75 Å². The fraction of sp³-hybridized carbons (Fsp3) is 0.333. The van der Waals surface area contributed by atoms with E-state index in [1.807, 2.05) is 26.0 Å². The Kier molecular flexibility index (Phi) is 3.65. The molecule has 0 fully saturated rings. The number of aryl methyl sites for hydroxylation is 3. The second-order valence-electron chi connectivity index (χ2n) is 5.79. The standard InChI is InChI=1S/C18H19N3OS/c1-3-22-12-7-8-14-13(10-12)16(9-11(2)19-14)21-18-20-15-5-4-6-17(15)23-18/h7-10H,3-6H2,1-2H3,(H,19,20,21). The number of nitrogens with zero attached hydrogens (tertiary/aromatic N) is 2. The molecule has 1 aliphatic rings. The third kappa shape index (κ3) is 2.77. The lowest BCUT2D eigenvalue weighted by Gasteiger charge is -2.10. The zero-order valence-electron chi connectivity index (χ0n) is 13.3. The number of hydrogen-bond acceptors (Lipinski definition) is 5. The molecule has 4 nitrogen and oxygen atoms in total. The Bertz CT molecular complexity index is 851. The highest BCUT2D eigenvalue weighted by Gasteiger charge is 2.17. The van der Waals surface area contributed by atoms with Crippen LogP contribution in [0.3, 0.4) is 0 Å². The maximum absolute atomic E-state index is 5.63. The van der Waals surface area contributed by atoms with E-state index in [9.17, 15) is 0 Å². The number of benzene rings is 1. The van der Waals surface area contributed by atoms with E-state index in [-0.39, 0.29) is 0 Å². The molecule has 0 bridgehead atoms. The SMILES string of the molecule is CCOc1ccc2nc(C)cc(Nc3nc4c(s3)CCC4)c2c1. The van der Waals surface area contributed by atoms with Gasteiger partial charge in [-0.3, -0.25) is 4.98 Å². The summed E-state index contributed by atoms with van der Waals surface area (Å²) in [5, 5.41) is 5.54. The molecule has 1 aliphatic carbocycles. The first-order valence-electron chi connectivity index (χ1n) is 8.03. The highest BCUT2D eigenvalue weighted by atomic mass is 32.1. The number of aromatic nitrogens is 2. The van der Waals surface area contributed by atoms with Gasteiger partial charge in [-0.05, 0) is 57.4 Å². The van der Waals surface area contributed by atoms with Gasteiger partial charge in [0.25, 0.3) is 0 Å². The van der Waals surface area contributed by atoms with E-state index < -0.39 is 0 Å². The Balaban J connectivity index is 1.75. The van der Waals surface area contributed by atoms with Crippen LogP contribution in [-0.2, 0) is 12.8 Å². The zero-order chi connectivity index (χ0) is 15.8. The van der Waals surface area contributed by atoms with Crippen LogP contribution >= 0.6 is 11.3 Å². The van der Waals surface area contributed by atoms with E-state index in [2.05, 4.69) is 22.4 Å². The molecule has 0 saturated carbocycles. The smallest absolute Gasteiger partial charge is 0.187 e. The Hall–Kier alpha value is -2.14. The van der Waals surface area contributed by atoms with Crippen molar-refractivity contribution in [3.8, 4) is 5.75 Å². The number of fused-ring (bicyclic) bond motifs is 2. The molecule has 0 amide bonds. The van der Waals surface area contributed by atoms with Crippen LogP contribution in [0.5, 0.6) is 5.75 Å². The van der Waals surface area contributed by atoms with Crippen molar-refractivity contribution in [2.75, 3.05) is 11.9 Å². The van der Waals surface area contributed by atoms with Gasteiger partial charge in [0.05, 0.1) is 23.5 Å².